The van der Waals surface area contributed by atoms with Gasteiger partial charge in [0.2, 0.25) is 0 Å². The molecule has 3 heterocycles. The Kier molecular flexibility index (Phi) is 4.37. The first-order valence-corrected chi connectivity index (χ1v) is 8.51. The zero-order chi connectivity index (χ0) is 17.9. The summed E-state index contributed by atoms with van der Waals surface area (Å²) in [5.74, 6) is 0.862. The van der Waals surface area contributed by atoms with Gasteiger partial charge in [-0.1, -0.05) is 24.3 Å². The van der Waals surface area contributed by atoms with Gasteiger partial charge in [-0.25, -0.2) is 9.67 Å². The number of fused-ring (bicyclic) bond motifs is 1. The molecule has 0 bridgehead atoms. The van der Waals surface area contributed by atoms with Crippen molar-refractivity contribution >= 4 is 11.5 Å². The zero-order valence-electron chi connectivity index (χ0n) is 14.5. The average molecular weight is 348 g/mol. The van der Waals surface area contributed by atoms with Crippen molar-refractivity contribution in [3.63, 3.8) is 0 Å². The first-order chi connectivity index (χ1) is 12.8. The first-order valence-electron chi connectivity index (χ1n) is 8.51. The van der Waals surface area contributed by atoms with Gasteiger partial charge in [-0.05, 0) is 12.5 Å². The lowest BCUT2D eigenvalue weighted by atomic mass is 10.1. The fourth-order valence-electron chi connectivity index (χ4n) is 3.02. The van der Waals surface area contributed by atoms with Crippen LogP contribution >= 0.6 is 0 Å². The van der Waals surface area contributed by atoms with Crippen LogP contribution in [0.2, 0.25) is 0 Å². The van der Waals surface area contributed by atoms with Crippen molar-refractivity contribution in [2.45, 2.75) is 20.0 Å². The summed E-state index contributed by atoms with van der Waals surface area (Å²) in [6, 6.07) is 10.2. The van der Waals surface area contributed by atoms with Crippen molar-refractivity contribution in [3.8, 4) is 11.3 Å². The minimum Gasteiger partial charge on any atom is -0.394 e. The number of hydrogen-bond donors (Lipinski definition) is 2. The molecular formula is C19H20N6O. The number of aliphatic hydroxyl groups excluding tert-OH is 1. The van der Waals surface area contributed by atoms with E-state index < -0.39 is 0 Å². The molecule has 0 unspecified atom stereocenters. The Morgan fingerprint density at radius 1 is 1.19 bits per heavy atom. The van der Waals surface area contributed by atoms with E-state index in [1.807, 2.05) is 35.0 Å². The van der Waals surface area contributed by atoms with Gasteiger partial charge >= 0.3 is 0 Å². The Hall–Kier alpha value is -3.19. The molecule has 0 aliphatic carbocycles. The number of rotatable bonds is 6. The molecule has 2 N–H and O–H groups in total. The molecule has 7 nitrogen and oxygen atoms in total. The van der Waals surface area contributed by atoms with E-state index in [9.17, 15) is 5.11 Å². The number of aliphatic hydroxyl groups is 1. The molecule has 0 saturated carbocycles. The van der Waals surface area contributed by atoms with Crippen LogP contribution in [-0.2, 0) is 13.1 Å². The largest absolute Gasteiger partial charge is 0.394 e. The van der Waals surface area contributed by atoms with Crippen LogP contribution in [0.4, 0.5) is 5.82 Å². The second-order valence-electron chi connectivity index (χ2n) is 6.08. The standard InChI is InChI=1S/C19H20N6O/c1-14-4-2-3-5-16(14)17-10-18(25(23-17)8-9-26)21-11-15-12-22-19-13-20-6-7-24(15)19/h2-7,10,12-13,21,26H,8-9,11H2,1H3. The molecule has 7 heteroatoms. The molecule has 1 aromatic carbocycles. The van der Waals surface area contributed by atoms with E-state index in [-0.39, 0.29) is 6.61 Å². The minimum atomic E-state index is 0.0326. The average Bonchev–Trinajstić information content (AvgIpc) is 3.25. The lowest BCUT2D eigenvalue weighted by Crippen LogP contribution is -2.11. The van der Waals surface area contributed by atoms with E-state index in [2.05, 4.69) is 39.4 Å². The van der Waals surface area contributed by atoms with E-state index in [0.717, 1.165) is 28.4 Å². The maximum absolute atomic E-state index is 9.36. The van der Waals surface area contributed by atoms with Crippen LogP contribution < -0.4 is 5.32 Å². The van der Waals surface area contributed by atoms with Crippen LogP contribution in [0.25, 0.3) is 16.9 Å². The normalized spacial score (nSPS) is 11.2. The third-order valence-corrected chi connectivity index (χ3v) is 4.36. The third kappa shape index (κ3) is 3.04. The number of anilines is 1. The van der Waals surface area contributed by atoms with E-state index in [0.29, 0.717) is 13.1 Å². The molecule has 0 aliphatic heterocycles. The topological polar surface area (TPSA) is 80.3 Å². The van der Waals surface area contributed by atoms with Crippen LogP contribution in [0.15, 0.2) is 55.1 Å². The van der Waals surface area contributed by atoms with Crippen molar-refractivity contribution in [2.75, 3.05) is 11.9 Å². The van der Waals surface area contributed by atoms with Crippen LogP contribution in [0.3, 0.4) is 0 Å². The minimum absolute atomic E-state index is 0.0326. The second-order valence-corrected chi connectivity index (χ2v) is 6.08. The molecule has 0 aliphatic rings. The van der Waals surface area contributed by atoms with Gasteiger partial charge in [0.15, 0.2) is 5.65 Å². The van der Waals surface area contributed by atoms with E-state index in [4.69, 9.17) is 0 Å². The summed E-state index contributed by atoms with van der Waals surface area (Å²) in [7, 11) is 0. The van der Waals surface area contributed by atoms with Gasteiger partial charge in [0.1, 0.15) is 5.82 Å². The lowest BCUT2D eigenvalue weighted by Gasteiger charge is -2.08. The number of hydrogen-bond acceptors (Lipinski definition) is 5. The fourth-order valence-corrected chi connectivity index (χ4v) is 3.02. The summed E-state index contributed by atoms with van der Waals surface area (Å²) in [5.41, 5.74) is 4.99. The van der Waals surface area contributed by atoms with Gasteiger partial charge < -0.3 is 10.4 Å². The van der Waals surface area contributed by atoms with E-state index in [1.165, 1.54) is 5.56 Å². The Balaban J connectivity index is 1.62. The molecule has 3 aromatic heterocycles. The highest BCUT2D eigenvalue weighted by molar-refractivity contribution is 5.66. The Labute approximate surface area is 151 Å². The predicted octanol–water partition coefficient (Wildman–Crippen LogP) is 2.51. The maximum atomic E-state index is 9.36. The number of nitrogens with one attached hydrogen (secondary N) is 1. The van der Waals surface area contributed by atoms with Crippen LogP contribution in [0, 0.1) is 6.92 Å². The molecule has 0 radical (unpaired) electrons. The molecule has 4 aromatic rings. The second kappa shape index (κ2) is 6.97. The third-order valence-electron chi connectivity index (χ3n) is 4.36. The molecule has 0 fully saturated rings. The summed E-state index contributed by atoms with van der Waals surface area (Å²) in [6.45, 7) is 3.13. The van der Waals surface area contributed by atoms with Crippen molar-refractivity contribution in [1.29, 1.82) is 0 Å². The number of aromatic nitrogens is 5. The Morgan fingerprint density at radius 3 is 2.92 bits per heavy atom. The summed E-state index contributed by atoms with van der Waals surface area (Å²) in [5, 5.41) is 17.4. The van der Waals surface area contributed by atoms with Gasteiger partial charge in [-0.2, -0.15) is 5.10 Å². The number of aryl methyl sites for hydroxylation is 1. The molecule has 132 valence electrons. The van der Waals surface area contributed by atoms with Crippen LogP contribution in [0.5, 0.6) is 0 Å². The number of imidazole rings is 1. The molecule has 0 amide bonds. The first kappa shape index (κ1) is 16.3. The lowest BCUT2D eigenvalue weighted by molar-refractivity contribution is 0.270. The van der Waals surface area contributed by atoms with Crippen molar-refractivity contribution in [2.24, 2.45) is 0 Å². The maximum Gasteiger partial charge on any atom is 0.155 e. The number of benzene rings is 1. The Bertz CT molecular complexity index is 1040. The van der Waals surface area contributed by atoms with Crippen LogP contribution in [-0.4, -0.2) is 35.9 Å². The van der Waals surface area contributed by atoms with Gasteiger partial charge in [0, 0.05) is 24.0 Å². The smallest absolute Gasteiger partial charge is 0.155 e. The summed E-state index contributed by atoms with van der Waals surface area (Å²) < 4.78 is 3.79. The quantitative estimate of drug-likeness (QED) is 0.560. The zero-order valence-corrected chi connectivity index (χ0v) is 14.5. The summed E-state index contributed by atoms with van der Waals surface area (Å²) in [4.78, 5) is 8.43. The Morgan fingerprint density at radius 2 is 2.08 bits per heavy atom. The van der Waals surface area contributed by atoms with Gasteiger partial charge in [0.25, 0.3) is 0 Å². The number of nitrogens with zero attached hydrogens (tertiary/aromatic N) is 5. The molecule has 0 atom stereocenters. The van der Waals surface area contributed by atoms with Crippen LogP contribution in [0.1, 0.15) is 11.3 Å². The van der Waals surface area contributed by atoms with Crippen molar-refractivity contribution in [3.05, 3.63) is 66.4 Å². The monoisotopic (exact) mass is 348 g/mol. The summed E-state index contributed by atoms with van der Waals surface area (Å²) in [6.07, 6.45) is 7.20. The molecular weight excluding hydrogens is 328 g/mol. The van der Waals surface area contributed by atoms with E-state index >= 15 is 0 Å². The summed E-state index contributed by atoms with van der Waals surface area (Å²) >= 11 is 0. The van der Waals surface area contributed by atoms with Crippen molar-refractivity contribution < 1.29 is 5.11 Å². The SMILES string of the molecule is Cc1ccccc1-c1cc(NCc2cnc3cnccn23)n(CCO)n1. The highest BCUT2D eigenvalue weighted by Crippen LogP contribution is 2.25. The molecule has 0 saturated heterocycles. The highest BCUT2D eigenvalue weighted by Gasteiger charge is 2.12. The predicted molar refractivity (Wildman–Crippen MR) is 99.8 cm³/mol. The fraction of sp³-hybridized carbons (Fsp3) is 0.211. The highest BCUT2D eigenvalue weighted by atomic mass is 16.3. The van der Waals surface area contributed by atoms with Crippen molar-refractivity contribution in [1.82, 2.24) is 24.1 Å². The van der Waals surface area contributed by atoms with Gasteiger partial charge in [0.05, 0.1) is 43.5 Å². The van der Waals surface area contributed by atoms with Gasteiger partial charge in [-0.15, -0.1) is 0 Å². The molecule has 4 rings (SSSR count). The van der Waals surface area contributed by atoms with E-state index in [1.54, 1.807) is 17.1 Å². The molecule has 26 heavy (non-hydrogen) atoms. The molecule has 0 spiro atoms. The van der Waals surface area contributed by atoms with Gasteiger partial charge in [-0.3, -0.25) is 9.38 Å².